The number of hydrogen-bond acceptors (Lipinski definition) is 6. The van der Waals surface area contributed by atoms with Gasteiger partial charge < -0.3 is 10.1 Å². The molecule has 0 saturated carbocycles. The molecule has 1 N–H and O–H groups in total. The molecule has 0 radical (unpaired) electrons. The van der Waals surface area contributed by atoms with Crippen molar-refractivity contribution in [3.05, 3.63) is 113 Å². The summed E-state index contributed by atoms with van der Waals surface area (Å²) in [6, 6.07) is 19.6. The minimum atomic E-state index is -0.669. The minimum Gasteiger partial charge on any atom is -0.452 e. The number of anilines is 1. The largest absolute Gasteiger partial charge is 0.452 e. The normalized spacial score (nSPS) is 12.0. The monoisotopic (exact) mass is 451 g/mol. The number of benzene rings is 3. The number of nitrogens with one attached hydrogen (secondary N) is 1. The smallest absolute Gasteiger partial charge is 0.338 e. The Kier molecular flexibility index (Phi) is 5.31. The number of carbonyl (C=O) groups excluding carboxylic acids is 4. The lowest BCUT2D eigenvalue weighted by Crippen LogP contribution is -2.26. The average Bonchev–Trinajstić information content (AvgIpc) is 3.41. The van der Waals surface area contributed by atoms with Crippen molar-refractivity contribution in [3.63, 3.8) is 0 Å². The number of carbonyl (C=O) groups is 4. The Morgan fingerprint density at radius 1 is 0.824 bits per heavy atom. The third-order valence-electron chi connectivity index (χ3n) is 5.43. The van der Waals surface area contributed by atoms with E-state index in [1.165, 1.54) is 6.07 Å². The molecule has 1 heterocycles. The molecule has 8 heteroatoms. The number of rotatable bonds is 5. The number of esters is 1. The SMILES string of the molecule is O=C(COC(=O)c1ccc(-n2cccn2)cc1)Nc1cccc2c1C(=O)c1ccccc1C2=O. The lowest BCUT2D eigenvalue weighted by atomic mass is 9.83. The van der Waals surface area contributed by atoms with Crippen LogP contribution < -0.4 is 5.32 Å². The molecule has 0 bridgehead atoms. The standard InChI is InChI=1S/C26H17N3O5/c30-22(15-34-26(33)16-9-11-17(12-10-16)29-14-4-13-27-29)28-21-8-3-7-20-23(21)25(32)19-6-2-1-5-18(19)24(20)31/h1-14H,15H2,(H,28,30). The van der Waals surface area contributed by atoms with Crippen LogP contribution in [0, 0.1) is 0 Å². The van der Waals surface area contributed by atoms with Crippen molar-refractivity contribution >= 4 is 29.1 Å². The van der Waals surface area contributed by atoms with Gasteiger partial charge in [-0.15, -0.1) is 0 Å². The second-order valence-electron chi connectivity index (χ2n) is 7.55. The summed E-state index contributed by atoms with van der Waals surface area (Å²) in [5.74, 6) is -1.94. The summed E-state index contributed by atoms with van der Waals surface area (Å²) in [6.45, 7) is -0.553. The molecule has 8 nitrogen and oxygen atoms in total. The summed E-state index contributed by atoms with van der Waals surface area (Å²) in [5.41, 5.74) is 2.20. The molecule has 3 aromatic carbocycles. The molecule has 4 aromatic rings. The summed E-state index contributed by atoms with van der Waals surface area (Å²) in [7, 11) is 0. The van der Waals surface area contributed by atoms with Crippen LogP contribution in [0.4, 0.5) is 5.69 Å². The Labute approximate surface area is 193 Å². The first-order valence-electron chi connectivity index (χ1n) is 10.4. The topological polar surface area (TPSA) is 107 Å². The highest BCUT2D eigenvalue weighted by atomic mass is 16.5. The van der Waals surface area contributed by atoms with E-state index in [-0.39, 0.29) is 39.5 Å². The molecule has 1 amide bonds. The van der Waals surface area contributed by atoms with Gasteiger partial charge in [0.25, 0.3) is 5.91 Å². The molecular weight excluding hydrogens is 434 g/mol. The number of amides is 1. The molecule has 5 rings (SSSR count). The highest BCUT2D eigenvalue weighted by molar-refractivity contribution is 6.30. The van der Waals surface area contributed by atoms with Gasteiger partial charge in [-0.2, -0.15) is 5.10 Å². The van der Waals surface area contributed by atoms with Crippen LogP contribution in [0.2, 0.25) is 0 Å². The molecule has 0 atom stereocenters. The first-order chi connectivity index (χ1) is 16.5. The summed E-state index contributed by atoms with van der Waals surface area (Å²) in [5, 5.41) is 6.70. The number of fused-ring (bicyclic) bond motifs is 2. The number of ether oxygens (including phenoxy) is 1. The fraction of sp³-hybridized carbons (Fsp3) is 0.0385. The third kappa shape index (κ3) is 3.77. The fourth-order valence-electron chi connectivity index (χ4n) is 3.82. The molecular formula is C26H17N3O5. The van der Waals surface area contributed by atoms with E-state index in [1.807, 2.05) is 0 Å². The Morgan fingerprint density at radius 2 is 1.53 bits per heavy atom. The van der Waals surface area contributed by atoms with Crippen LogP contribution in [0.15, 0.2) is 85.2 Å². The third-order valence-corrected chi connectivity index (χ3v) is 5.43. The molecule has 0 saturated heterocycles. The van der Waals surface area contributed by atoms with Gasteiger partial charge in [-0.1, -0.05) is 36.4 Å². The average molecular weight is 451 g/mol. The molecule has 0 spiro atoms. The van der Waals surface area contributed by atoms with Crippen molar-refractivity contribution in [2.24, 2.45) is 0 Å². The van der Waals surface area contributed by atoms with Crippen molar-refractivity contribution in [2.45, 2.75) is 0 Å². The summed E-state index contributed by atoms with van der Waals surface area (Å²) < 4.78 is 6.76. The lowest BCUT2D eigenvalue weighted by molar-refractivity contribution is -0.119. The predicted octanol–water partition coefficient (Wildman–Crippen LogP) is 3.44. The molecule has 0 fully saturated rings. The maximum Gasteiger partial charge on any atom is 0.338 e. The van der Waals surface area contributed by atoms with Crippen molar-refractivity contribution in [1.82, 2.24) is 9.78 Å². The first-order valence-corrected chi connectivity index (χ1v) is 10.4. The fourth-order valence-corrected chi connectivity index (χ4v) is 3.82. The van der Waals surface area contributed by atoms with Gasteiger partial charge in [0.1, 0.15) is 0 Å². The maximum absolute atomic E-state index is 13.0. The van der Waals surface area contributed by atoms with Gasteiger partial charge >= 0.3 is 5.97 Å². The second-order valence-corrected chi connectivity index (χ2v) is 7.55. The minimum absolute atomic E-state index is 0.125. The van der Waals surface area contributed by atoms with Gasteiger partial charge in [0.05, 0.1) is 22.5 Å². The summed E-state index contributed by atoms with van der Waals surface area (Å²) >= 11 is 0. The van der Waals surface area contributed by atoms with E-state index in [4.69, 9.17) is 4.74 Å². The van der Waals surface area contributed by atoms with Gasteiger partial charge in [0, 0.05) is 29.1 Å². The number of aromatic nitrogens is 2. The van der Waals surface area contributed by atoms with Crippen LogP contribution >= 0.6 is 0 Å². The van der Waals surface area contributed by atoms with E-state index in [2.05, 4.69) is 10.4 Å². The van der Waals surface area contributed by atoms with Crippen LogP contribution in [0.3, 0.4) is 0 Å². The molecule has 1 aliphatic carbocycles. The van der Waals surface area contributed by atoms with Crippen LogP contribution in [0.5, 0.6) is 0 Å². The Balaban J connectivity index is 1.27. The summed E-state index contributed by atoms with van der Waals surface area (Å²) in [6.07, 6.45) is 3.42. The number of nitrogens with zero attached hydrogens (tertiary/aromatic N) is 2. The zero-order valence-electron chi connectivity index (χ0n) is 17.7. The van der Waals surface area contributed by atoms with Crippen molar-refractivity contribution < 1.29 is 23.9 Å². The first kappa shape index (κ1) is 21.0. The Bertz CT molecular complexity index is 1440. The van der Waals surface area contributed by atoms with Crippen LogP contribution in [0.1, 0.15) is 42.2 Å². The van der Waals surface area contributed by atoms with E-state index in [0.717, 1.165) is 5.69 Å². The van der Waals surface area contributed by atoms with E-state index in [1.54, 1.807) is 83.8 Å². The van der Waals surface area contributed by atoms with Crippen LogP contribution in [-0.4, -0.2) is 39.8 Å². The molecule has 166 valence electrons. The van der Waals surface area contributed by atoms with Crippen LogP contribution in [0.25, 0.3) is 5.69 Å². The van der Waals surface area contributed by atoms with E-state index < -0.39 is 18.5 Å². The van der Waals surface area contributed by atoms with Gasteiger partial charge in [-0.25, -0.2) is 9.48 Å². The second kappa shape index (κ2) is 8.59. The Hall–Kier alpha value is -4.85. The van der Waals surface area contributed by atoms with E-state index in [0.29, 0.717) is 5.56 Å². The van der Waals surface area contributed by atoms with Crippen LogP contribution in [-0.2, 0) is 9.53 Å². The van der Waals surface area contributed by atoms with Crippen molar-refractivity contribution in [1.29, 1.82) is 0 Å². The molecule has 34 heavy (non-hydrogen) atoms. The highest BCUT2D eigenvalue weighted by Crippen LogP contribution is 2.31. The number of ketones is 2. The zero-order valence-corrected chi connectivity index (χ0v) is 17.7. The maximum atomic E-state index is 13.0. The Morgan fingerprint density at radius 3 is 2.24 bits per heavy atom. The van der Waals surface area contributed by atoms with Gasteiger partial charge in [-0.3, -0.25) is 14.4 Å². The molecule has 1 aromatic heterocycles. The van der Waals surface area contributed by atoms with Gasteiger partial charge in [0.2, 0.25) is 0 Å². The molecule has 1 aliphatic rings. The predicted molar refractivity (Wildman–Crippen MR) is 122 cm³/mol. The zero-order chi connectivity index (χ0) is 23.7. The molecule has 0 unspecified atom stereocenters. The lowest BCUT2D eigenvalue weighted by Gasteiger charge is -2.20. The summed E-state index contributed by atoms with van der Waals surface area (Å²) in [4.78, 5) is 50.7. The highest BCUT2D eigenvalue weighted by Gasteiger charge is 2.31. The van der Waals surface area contributed by atoms with E-state index in [9.17, 15) is 19.2 Å². The van der Waals surface area contributed by atoms with Crippen molar-refractivity contribution in [3.8, 4) is 5.69 Å². The quantitative estimate of drug-likeness (QED) is 0.410. The van der Waals surface area contributed by atoms with Crippen molar-refractivity contribution in [2.75, 3.05) is 11.9 Å². The van der Waals surface area contributed by atoms with E-state index >= 15 is 0 Å². The number of hydrogen-bond donors (Lipinski definition) is 1. The van der Waals surface area contributed by atoms with Gasteiger partial charge in [-0.05, 0) is 36.4 Å². The molecule has 0 aliphatic heterocycles. The van der Waals surface area contributed by atoms with Gasteiger partial charge in [0.15, 0.2) is 18.2 Å².